The fourth-order valence-electron chi connectivity index (χ4n) is 1.25. The second kappa shape index (κ2) is 4.54. The SMILES string of the molecule is Nc1csc(S(=O)(=O)Nc2c(F)cccc2F)c1. The number of anilines is 2. The van der Waals surface area contributed by atoms with Crippen molar-refractivity contribution in [1.29, 1.82) is 0 Å². The van der Waals surface area contributed by atoms with Crippen LogP contribution in [0.4, 0.5) is 20.2 Å². The van der Waals surface area contributed by atoms with Crippen LogP contribution in [0.5, 0.6) is 0 Å². The van der Waals surface area contributed by atoms with Crippen LogP contribution in [0.3, 0.4) is 0 Å². The minimum Gasteiger partial charge on any atom is -0.398 e. The summed E-state index contributed by atoms with van der Waals surface area (Å²) < 4.78 is 52.0. The number of nitrogens with one attached hydrogen (secondary N) is 1. The fraction of sp³-hybridized carbons (Fsp3) is 0. The van der Waals surface area contributed by atoms with Gasteiger partial charge >= 0.3 is 0 Å². The van der Waals surface area contributed by atoms with E-state index in [2.05, 4.69) is 0 Å². The Morgan fingerprint density at radius 3 is 2.33 bits per heavy atom. The first-order valence-electron chi connectivity index (χ1n) is 4.71. The van der Waals surface area contributed by atoms with Gasteiger partial charge in [0.1, 0.15) is 21.5 Å². The number of sulfonamides is 1. The topological polar surface area (TPSA) is 72.2 Å². The Balaban J connectivity index is 2.40. The lowest BCUT2D eigenvalue weighted by molar-refractivity contribution is 0.583. The van der Waals surface area contributed by atoms with Gasteiger partial charge in [-0.05, 0) is 18.2 Å². The van der Waals surface area contributed by atoms with Gasteiger partial charge in [0.25, 0.3) is 10.0 Å². The maximum absolute atomic E-state index is 13.3. The predicted molar refractivity (Wildman–Crippen MR) is 65.9 cm³/mol. The molecule has 4 nitrogen and oxygen atoms in total. The summed E-state index contributed by atoms with van der Waals surface area (Å²) in [7, 11) is -4.03. The lowest BCUT2D eigenvalue weighted by atomic mass is 10.3. The van der Waals surface area contributed by atoms with E-state index in [1.165, 1.54) is 11.4 Å². The first kappa shape index (κ1) is 12.8. The first-order valence-corrected chi connectivity index (χ1v) is 7.07. The third-order valence-corrected chi connectivity index (χ3v) is 4.87. The number of para-hydroxylation sites is 1. The molecule has 0 spiro atoms. The molecule has 1 aromatic heterocycles. The van der Waals surface area contributed by atoms with Gasteiger partial charge in [-0.1, -0.05) is 6.07 Å². The summed E-state index contributed by atoms with van der Waals surface area (Å²) >= 11 is 0.867. The van der Waals surface area contributed by atoms with Crippen molar-refractivity contribution >= 4 is 32.7 Å². The highest BCUT2D eigenvalue weighted by Crippen LogP contribution is 2.26. The molecule has 18 heavy (non-hydrogen) atoms. The van der Waals surface area contributed by atoms with Crippen LogP contribution in [0.1, 0.15) is 0 Å². The minimum atomic E-state index is -4.03. The summed E-state index contributed by atoms with van der Waals surface area (Å²) in [6.45, 7) is 0. The van der Waals surface area contributed by atoms with Gasteiger partial charge in [0.2, 0.25) is 0 Å². The average molecular weight is 290 g/mol. The van der Waals surface area contributed by atoms with Crippen molar-refractivity contribution in [2.24, 2.45) is 0 Å². The normalized spacial score (nSPS) is 11.4. The lowest BCUT2D eigenvalue weighted by Gasteiger charge is -2.07. The van der Waals surface area contributed by atoms with E-state index in [0.717, 1.165) is 29.5 Å². The standard InChI is InChI=1S/C10H8F2N2O2S2/c11-7-2-1-3-8(12)10(7)14-18(15,16)9-4-6(13)5-17-9/h1-5,14H,13H2. The molecule has 0 fully saturated rings. The van der Waals surface area contributed by atoms with E-state index >= 15 is 0 Å². The van der Waals surface area contributed by atoms with E-state index in [9.17, 15) is 17.2 Å². The molecule has 2 aromatic rings. The second-order valence-electron chi connectivity index (χ2n) is 3.40. The molecule has 2 rings (SSSR count). The first-order chi connectivity index (χ1) is 8.40. The molecule has 0 radical (unpaired) electrons. The molecule has 3 N–H and O–H groups in total. The van der Waals surface area contributed by atoms with Gasteiger partial charge in [-0.25, -0.2) is 17.2 Å². The van der Waals surface area contributed by atoms with Gasteiger partial charge in [0.15, 0.2) is 0 Å². The Morgan fingerprint density at radius 2 is 1.83 bits per heavy atom. The monoisotopic (exact) mass is 290 g/mol. The number of halogens is 2. The van der Waals surface area contributed by atoms with Crippen LogP contribution in [-0.4, -0.2) is 8.42 Å². The van der Waals surface area contributed by atoms with E-state index in [-0.39, 0.29) is 9.90 Å². The van der Waals surface area contributed by atoms with E-state index in [1.807, 2.05) is 4.72 Å². The van der Waals surface area contributed by atoms with Crippen LogP contribution in [-0.2, 0) is 10.0 Å². The van der Waals surface area contributed by atoms with Crippen molar-refractivity contribution in [3.63, 3.8) is 0 Å². The van der Waals surface area contributed by atoms with Crippen LogP contribution in [0.15, 0.2) is 33.9 Å². The van der Waals surface area contributed by atoms with Gasteiger partial charge in [-0.2, -0.15) is 0 Å². The van der Waals surface area contributed by atoms with Gasteiger partial charge in [-0.3, -0.25) is 4.72 Å². The molecule has 0 amide bonds. The molecular formula is C10H8F2N2O2S2. The van der Waals surface area contributed by atoms with E-state index in [0.29, 0.717) is 0 Å². The number of hydrogen-bond acceptors (Lipinski definition) is 4. The van der Waals surface area contributed by atoms with Crippen molar-refractivity contribution in [2.75, 3.05) is 10.5 Å². The summed E-state index contributed by atoms with van der Waals surface area (Å²) in [6, 6.07) is 4.28. The van der Waals surface area contributed by atoms with Crippen LogP contribution in [0, 0.1) is 11.6 Å². The Labute approximate surface area is 106 Å². The quantitative estimate of drug-likeness (QED) is 0.911. The number of rotatable bonds is 3. The largest absolute Gasteiger partial charge is 0.398 e. The molecule has 0 saturated heterocycles. The van der Waals surface area contributed by atoms with Crippen molar-refractivity contribution in [2.45, 2.75) is 4.21 Å². The Bertz CT molecular complexity index is 663. The summed E-state index contributed by atoms with van der Waals surface area (Å²) in [6.07, 6.45) is 0. The van der Waals surface area contributed by atoms with Gasteiger partial charge in [0, 0.05) is 11.1 Å². The molecule has 8 heteroatoms. The maximum Gasteiger partial charge on any atom is 0.271 e. The molecule has 1 aromatic carbocycles. The minimum absolute atomic E-state index is 0.109. The molecule has 0 aliphatic rings. The molecule has 0 aliphatic heterocycles. The number of benzene rings is 1. The van der Waals surface area contributed by atoms with Crippen LogP contribution in [0.2, 0.25) is 0 Å². The molecule has 0 bridgehead atoms. The van der Waals surface area contributed by atoms with Gasteiger partial charge < -0.3 is 5.73 Å². The number of nitrogen functional groups attached to an aromatic ring is 1. The predicted octanol–water partition coefficient (Wildman–Crippen LogP) is 2.41. The molecule has 0 aliphatic carbocycles. The number of thiophene rings is 1. The summed E-state index contributed by atoms with van der Waals surface area (Å²) in [4.78, 5) is 0. The summed E-state index contributed by atoms with van der Waals surface area (Å²) in [5, 5.41) is 1.42. The Kier molecular flexibility index (Phi) is 3.22. The zero-order valence-electron chi connectivity index (χ0n) is 8.85. The van der Waals surface area contributed by atoms with Crippen LogP contribution < -0.4 is 10.5 Å². The molecule has 0 unspecified atom stereocenters. The van der Waals surface area contributed by atoms with Gasteiger partial charge in [-0.15, -0.1) is 11.3 Å². The van der Waals surface area contributed by atoms with Crippen molar-refractivity contribution in [1.82, 2.24) is 0 Å². The van der Waals surface area contributed by atoms with E-state index in [1.54, 1.807) is 0 Å². The zero-order chi connectivity index (χ0) is 13.3. The van der Waals surface area contributed by atoms with Crippen molar-refractivity contribution < 1.29 is 17.2 Å². The van der Waals surface area contributed by atoms with E-state index < -0.39 is 27.3 Å². The lowest BCUT2D eigenvalue weighted by Crippen LogP contribution is -2.14. The molecule has 0 saturated carbocycles. The fourth-order valence-corrected chi connectivity index (χ4v) is 3.41. The third kappa shape index (κ3) is 2.44. The van der Waals surface area contributed by atoms with E-state index in [4.69, 9.17) is 5.73 Å². The van der Waals surface area contributed by atoms with Crippen molar-refractivity contribution in [3.05, 3.63) is 41.3 Å². The Morgan fingerprint density at radius 1 is 1.22 bits per heavy atom. The third-order valence-electron chi connectivity index (χ3n) is 2.06. The zero-order valence-corrected chi connectivity index (χ0v) is 10.5. The van der Waals surface area contributed by atoms with Crippen LogP contribution >= 0.6 is 11.3 Å². The highest BCUT2D eigenvalue weighted by molar-refractivity contribution is 7.94. The maximum atomic E-state index is 13.3. The molecule has 96 valence electrons. The number of nitrogens with two attached hydrogens (primary N) is 1. The highest BCUT2D eigenvalue weighted by Gasteiger charge is 2.20. The molecular weight excluding hydrogens is 282 g/mol. The summed E-state index contributed by atoms with van der Waals surface area (Å²) in [5.74, 6) is -1.97. The molecule has 1 heterocycles. The average Bonchev–Trinajstić information content (AvgIpc) is 2.71. The summed E-state index contributed by atoms with van der Waals surface area (Å²) in [5.41, 5.74) is 4.97. The Hall–Kier alpha value is -1.67. The van der Waals surface area contributed by atoms with Gasteiger partial charge in [0.05, 0.1) is 0 Å². The van der Waals surface area contributed by atoms with Crippen LogP contribution in [0.25, 0.3) is 0 Å². The molecule has 0 atom stereocenters. The highest BCUT2D eigenvalue weighted by atomic mass is 32.2. The number of hydrogen-bond donors (Lipinski definition) is 2. The second-order valence-corrected chi connectivity index (χ2v) is 6.22. The van der Waals surface area contributed by atoms with Crippen molar-refractivity contribution in [3.8, 4) is 0 Å². The smallest absolute Gasteiger partial charge is 0.271 e.